The lowest BCUT2D eigenvalue weighted by Crippen LogP contribution is -2.39. The number of carbonyl (C=O) groups is 2. The van der Waals surface area contributed by atoms with Crippen LogP contribution in [0.1, 0.15) is 63.1 Å². The third kappa shape index (κ3) is 8.50. The Morgan fingerprint density at radius 1 is 1.09 bits per heavy atom. The van der Waals surface area contributed by atoms with E-state index < -0.39 is 34.5 Å². The van der Waals surface area contributed by atoms with Gasteiger partial charge in [-0.1, -0.05) is 57.4 Å². The van der Waals surface area contributed by atoms with Gasteiger partial charge in [-0.05, 0) is 67.0 Å². The molecule has 10 nitrogen and oxygen atoms in total. The number of ether oxygens (including phenoxy) is 1. The Labute approximate surface area is 269 Å². The molecule has 0 aromatic heterocycles. The molecule has 45 heavy (non-hydrogen) atoms. The van der Waals surface area contributed by atoms with Gasteiger partial charge in [0, 0.05) is 24.3 Å². The SMILES string of the molecule is CCCCc1cc([C@@H](NC(=O)COc2cc3c(cc2SC)N(c2ccccc2)CC(CCCC)NS3(=O)=O)C(=O)O)ccc1O. The molecule has 242 valence electrons. The molecule has 3 aromatic rings. The number of sulfonamides is 1. The van der Waals surface area contributed by atoms with Crippen LogP contribution < -0.4 is 19.7 Å². The lowest BCUT2D eigenvalue weighted by Gasteiger charge is -2.27. The van der Waals surface area contributed by atoms with E-state index >= 15 is 0 Å². The van der Waals surface area contributed by atoms with E-state index in [4.69, 9.17) is 4.74 Å². The van der Waals surface area contributed by atoms with Crippen molar-refractivity contribution in [3.63, 3.8) is 0 Å². The number of carbonyl (C=O) groups excluding carboxylic acids is 1. The summed E-state index contributed by atoms with van der Waals surface area (Å²) in [5, 5.41) is 22.6. The van der Waals surface area contributed by atoms with E-state index in [2.05, 4.69) is 17.0 Å². The summed E-state index contributed by atoms with van der Waals surface area (Å²) < 4.78 is 36.0. The number of nitrogens with one attached hydrogen (secondary N) is 2. The Kier molecular flexibility index (Phi) is 11.8. The number of aryl methyl sites for hydroxylation is 1. The predicted molar refractivity (Wildman–Crippen MR) is 176 cm³/mol. The number of thioether (sulfide) groups is 1. The molecule has 0 aliphatic carbocycles. The summed E-state index contributed by atoms with van der Waals surface area (Å²) in [5.74, 6) is -1.69. The summed E-state index contributed by atoms with van der Waals surface area (Å²) in [6.07, 6.45) is 6.61. The maximum absolute atomic E-state index is 13.7. The lowest BCUT2D eigenvalue weighted by molar-refractivity contribution is -0.142. The van der Waals surface area contributed by atoms with Crippen molar-refractivity contribution >= 4 is 45.0 Å². The van der Waals surface area contributed by atoms with Gasteiger partial charge < -0.3 is 25.2 Å². The lowest BCUT2D eigenvalue weighted by atomic mass is 10.00. The quantitative estimate of drug-likeness (QED) is 0.159. The van der Waals surface area contributed by atoms with Gasteiger partial charge in [-0.15, -0.1) is 11.8 Å². The van der Waals surface area contributed by atoms with Crippen LogP contribution in [0.15, 0.2) is 70.5 Å². The molecular weight excluding hydrogens is 615 g/mol. The number of rotatable bonds is 14. The minimum atomic E-state index is -3.95. The molecule has 2 atom stereocenters. The van der Waals surface area contributed by atoms with Gasteiger partial charge in [0.25, 0.3) is 5.91 Å². The Bertz CT molecular complexity index is 1600. The molecule has 1 heterocycles. The van der Waals surface area contributed by atoms with Crippen LogP contribution in [0.5, 0.6) is 11.5 Å². The normalized spacial score (nSPS) is 16.3. The van der Waals surface area contributed by atoms with Gasteiger partial charge in [0.15, 0.2) is 12.6 Å². The number of phenolic OH excluding ortho intramolecular Hbond substituents is 1. The number of benzene rings is 3. The molecule has 0 fully saturated rings. The summed E-state index contributed by atoms with van der Waals surface area (Å²) in [7, 11) is -3.95. The number of carboxylic acid groups (broad SMARTS) is 1. The van der Waals surface area contributed by atoms with E-state index in [0.29, 0.717) is 41.1 Å². The summed E-state index contributed by atoms with van der Waals surface area (Å²) in [4.78, 5) is 27.8. The monoisotopic (exact) mass is 655 g/mol. The first-order valence-corrected chi connectivity index (χ1v) is 17.8. The first kappa shape index (κ1) is 34.1. The van der Waals surface area contributed by atoms with Crippen molar-refractivity contribution in [3.8, 4) is 11.5 Å². The number of para-hydroxylation sites is 1. The number of unbranched alkanes of at least 4 members (excludes halogenated alkanes) is 2. The zero-order chi connectivity index (χ0) is 32.6. The molecule has 0 bridgehead atoms. The van der Waals surface area contributed by atoms with Gasteiger partial charge in [0.2, 0.25) is 10.0 Å². The average Bonchev–Trinajstić information content (AvgIpc) is 3.13. The van der Waals surface area contributed by atoms with Gasteiger partial charge in [-0.25, -0.2) is 17.9 Å². The summed E-state index contributed by atoms with van der Waals surface area (Å²) >= 11 is 1.35. The molecule has 12 heteroatoms. The third-order valence-electron chi connectivity index (χ3n) is 7.67. The highest BCUT2D eigenvalue weighted by atomic mass is 32.2. The molecule has 0 spiro atoms. The van der Waals surface area contributed by atoms with Crippen LogP contribution in [-0.4, -0.2) is 56.0 Å². The van der Waals surface area contributed by atoms with Crippen LogP contribution in [0.4, 0.5) is 11.4 Å². The van der Waals surface area contributed by atoms with Gasteiger partial charge in [-0.2, -0.15) is 0 Å². The molecule has 4 N–H and O–H groups in total. The summed E-state index contributed by atoms with van der Waals surface area (Å²) in [6.45, 7) is 3.99. The van der Waals surface area contributed by atoms with E-state index in [1.807, 2.05) is 48.4 Å². The Balaban J connectivity index is 1.61. The second kappa shape index (κ2) is 15.5. The highest BCUT2D eigenvalue weighted by molar-refractivity contribution is 7.98. The number of phenols is 1. The summed E-state index contributed by atoms with van der Waals surface area (Å²) in [5.41, 5.74) is 2.29. The van der Waals surface area contributed by atoms with Crippen molar-refractivity contribution in [1.29, 1.82) is 0 Å². The number of fused-ring (bicyclic) bond motifs is 1. The minimum absolute atomic E-state index is 0.0330. The number of hydrogen-bond donors (Lipinski definition) is 4. The van der Waals surface area contributed by atoms with Gasteiger partial charge in [0.1, 0.15) is 16.4 Å². The van der Waals surface area contributed by atoms with Crippen LogP contribution in [0.2, 0.25) is 0 Å². The highest BCUT2D eigenvalue weighted by Crippen LogP contribution is 2.41. The zero-order valence-electron chi connectivity index (χ0n) is 25.8. The molecule has 1 aliphatic heterocycles. The largest absolute Gasteiger partial charge is 0.508 e. The minimum Gasteiger partial charge on any atom is -0.508 e. The number of anilines is 2. The predicted octanol–water partition coefficient (Wildman–Crippen LogP) is 5.77. The van der Waals surface area contributed by atoms with Crippen molar-refractivity contribution < 1.29 is 33.0 Å². The number of aromatic hydroxyl groups is 1. The molecule has 3 aromatic carbocycles. The van der Waals surface area contributed by atoms with Crippen LogP contribution >= 0.6 is 11.8 Å². The smallest absolute Gasteiger partial charge is 0.330 e. The fraction of sp³-hybridized carbons (Fsp3) is 0.394. The number of amides is 1. The molecule has 0 saturated carbocycles. The van der Waals surface area contributed by atoms with E-state index in [0.717, 1.165) is 31.4 Å². The van der Waals surface area contributed by atoms with Crippen molar-refractivity contribution in [2.24, 2.45) is 0 Å². The van der Waals surface area contributed by atoms with Gasteiger partial charge in [0.05, 0.1) is 10.6 Å². The Morgan fingerprint density at radius 3 is 2.49 bits per heavy atom. The fourth-order valence-corrected chi connectivity index (χ4v) is 7.32. The molecule has 1 amide bonds. The molecule has 1 unspecified atom stereocenters. The Morgan fingerprint density at radius 2 is 1.82 bits per heavy atom. The molecule has 0 radical (unpaired) electrons. The van der Waals surface area contributed by atoms with E-state index in [1.165, 1.54) is 30.0 Å². The van der Waals surface area contributed by atoms with Gasteiger partial charge >= 0.3 is 5.97 Å². The first-order chi connectivity index (χ1) is 21.6. The Hall–Kier alpha value is -3.74. The van der Waals surface area contributed by atoms with E-state index in [-0.39, 0.29) is 22.4 Å². The second-order valence-electron chi connectivity index (χ2n) is 11.0. The zero-order valence-corrected chi connectivity index (χ0v) is 27.4. The van der Waals surface area contributed by atoms with E-state index in [9.17, 15) is 28.2 Å². The molecule has 1 aliphatic rings. The van der Waals surface area contributed by atoms with Crippen LogP contribution in [0, 0.1) is 0 Å². The fourth-order valence-electron chi connectivity index (χ4n) is 5.31. The molecule has 4 rings (SSSR count). The number of nitrogens with zero attached hydrogens (tertiary/aromatic N) is 1. The maximum Gasteiger partial charge on any atom is 0.330 e. The van der Waals surface area contributed by atoms with Crippen molar-refractivity contribution in [3.05, 3.63) is 71.8 Å². The van der Waals surface area contributed by atoms with Gasteiger partial charge in [-0.3, -0.25) is 4.79 Å². The summed E-state index contributed by atoms with van der Waals surface area (Å²) in [6, 6.07) is 15.6. The standard InChI is InChI=1S/C33H41N3O7S2/c1-4-6-11-22-17-23(15-16-27(22)37)32(33(39)40)34-31(38)21-43-28-19-30-26(18-29(28)44-3)36(25-13-9-8-10-14-25)20-24(12-7-5-2)35-45(30,41)42/h8-10,13-19,24,32,35,37H,4-7,11-12,20-21H2,1-3H3,(H,34,38)(H,39,40)/t24?,32-/m1/s1. The first-order valence-electron chi connectivity index (χ1n) is 15.1. The van der Waals surface area contributed by atoms with Crippen molar-refractivity contribution in [2.45, 2.75) is 74.2 Å². The van der Waals surface area contributed by atoms with Crippen LogP contribution in [0.3, 0.4) is 0 Å². The maximum atomic E-state index is 13.7. The van der Waals surface area contributed by atoms with E-state index in [1.54, 1.807) is 12.1 Å². The second-order valence-corrected chi connectivity index (χ2v) is 13.5. The number of aliphatic carboxylic acids is 1. The van der Waals surface area contributed by atoms with Crippen molar-refractivity contribution in [2.75, 3.05) is 24.3 Å². The van der Waals surface area contributed by atoms with Crippen molar-refractivity contribution in [1.82, 2.24) is 10.0 Å². The van der Waals surface area contributed by atoms with Crippen LogP contribution in [-0.2, 0) is 26.0 Å². The van der Waals surface area contributed by atoms with Crippen LogP contribution in [0.25, 0.3) is 0 Å². The number of hydrogen-bond acceptors (Lipinski definition) is 8. The third-order valence-corrected chi connectivity index (χ3v) is 9.98. The topological polar surface area (TPSA) is 145 Å². The average molecular weight is 656 g/mol. The number of carboxylic acids is 1. The molecular formula is C33H41N3O7S2. The molecule has 0 saturated heterocycles. The highest BCUT2D eigenvalue weighted by Gasteiger charge is 2.33.